The minimum atomic E-state index is -4.20. The molecule has 15 heteroatoms. The van der Waals surface area contributed by atoms with Crippen LogP contribution in [-0.2, 0) is 14.8 Å². The molecule has 2 heterocycles. The van der Waals surface area contributed by atoms with Crippen LogP contribution in [0.15, 0.2) is 24.3 Å². The molecule has 38 heavy (non-hydrogen) atoms. The van der Waals surface area contributed by atoms with Crippen molar-refractivity contribution in [3.8, 4) is 5.75 Å². The second kappa shape index (κ2) is 13.2. The predicted molar refractivity (Wildman–Crippen MR) is 141 cm³/mol. The van der Waals surface area contributed by atoms with Crippen molar-refractivity contribution >= 4 is 46.4 Å². The summed E-state index contributed by atoms with van der Waals surface area (Å²) in [5, 5.41) is 9.35. The number of nitrogens with zero attached hydrogens (tertiary/aromatic N) is 3. The summed E-state index contributed by atoms with van der Waals surface area (Å²) in [6.07, 6.45) is -2.73. The smallest absolute Gasteiger partial charge is 0.389 e. The number of piperazine rings is 1. The van der Waals surface area contributed by atoms with E-state index in [1.165, 1.54) is 4.31 Å². The maximum absolute atomic E-state index is 13.7. The number of rotatable bonds is 9. The van der Waals surface area contributed by atoms with Crippen molar-refractivity contribution in [1.29, 1.82) is 0 Å². The van der Waals surface area contributed by atoms with Crippen LogP contribution >= 0.6 is 24.8 Å². The Labute approximate surface area is 233 Å². The molecule has 1 aliphatic carbocycles. The third-order valence-corrected chi connectivity index (χ3v) is 9.96. The van der Waals surface area contributed by atoms with Crippen molar-refractivity contribution in [3.05, 3.63) is 24.3 Å². The van der Waals surface area contributed by atoms with Crippen LogP contribution in [0.1, 0.15) is 38.5 Å². The van der Waals surface area contributed by atoms with E-state index in [-0.39, 0.29) is 63.8 Å². The van der Waals surface area contributed by atoms with Gasteiger partial charge in [-0.2, -0.15) is 17.5 Å². The molecule has 0 aromatic heterocycles. The monoisotopic (exact) mass is 606 g/mol. The molecule has 0 bridgehead atoms. The zero-order valence-corrected chi connectivity index (χ0v) is 23.3. The summed E-state index contributed by atoms with van der Waals surface area (Å²) in [5.74, 6) is -0.400. The average molecular weight is 608 g/mol. The van der Waals surface area contributed by atoms with E-state index in [9.17, 15) is 31.6 Å². The number of ether oxygens (including phenoxy) is 1. The van der Waals surface area contributed by atoms with Gasteiger partial charge in [-0.3, -0.25) is 10.0 Å². The molecule has 218 valence electrons. The van der Waals surface area contributed by atoms with Gasteiger partial charge in [-0.05, 0) is 56.4 Å². The summed E-state index contributed by atoms with van der Waals surface area (Å²) in [4.78, 5) is 16.9. The zero-order chi connectivity index (χ0) is 26.0. The van der Waals surface area contributed by atoms with Gasteiger partial charge < -0.3 is 14.5 Å². The Balaban J connectivity index is 0.00000253. The summed E-state index contributed by atoms with van der Waals surface area (Å²) in [7, 11) is -4.01. The fourth-order valence-corrected chi connectivity index (χ4v) is 7.16. The van der Waals surface area contributed by atoms with Crippen LogP contribution in [0.2, 0.25) is 0 Å². The average Bonchev–Trinajstić information content (AvgIpc) is 3.72. The van der Waals surface area contributed by atoms with Gasteiger partial charge in [0.25, 0.3) is 5.91 Å². The predicted octanol–water partition coefficient (Wildman–Crippen LogP) is 3.21. The van der Waals surface area contributed by atoms with Crippen molar-refractivity contribution in [2.45, 2.75) is 55.5 Å². The second-order valence-corrected chi connectivity index (χ2v) is 11.9. The topological polar surface area (TPSA) is 102 Å². The van der Waals surface area contributed by atoms with Gasteiger partial charge in [-0.25, -0.2) is 13.9 Å². The number of alkyl halides is 3. The van der Waals surface area contributed by atoms with Gasteiger partial charge >= 0.3 is 6.18 Å². The largest absolute Gasteiger partial charge is 0.494 e. The summed E-state index contributed by atoms with van der Waals surface area (Å²) in [6, 6.07) is 7.42. The normalized spacial score (nSPS) is 20.7. The number of nitrogens with one attached hydrogen (secondary N) is 1. The zero-order valence-electron chi connectivity index (χ0n) is 20.9. The standard InChI is InChI=1S/C23H33F3N4O5S.2ClH/c24-23(25,26)8-1-17-35-20-6-4-19(5-7-20)29-13-15-30(16-14-29)36(33,34)22(21(31)27-32)9-11-28(12-10-22)18-2-3-18;;/h4-7,18,32H,1-3,8-17H2,(H,27,31);2*1H. The number of piperidine rings is 1. The lowest BCUT2D eigenvalue weighted by atomic mass is 9.95. The number of hydroxylamine groups is 1. The van der Waals surface area contributed by atoms with E-state index >= 15 is 0 Å². The van der Waals surface area contributed by atoms with Crippen molar-refractivity contribution in [2.75, 3.05) is 50.8 Å². The Kier molecular flexibility index (Phi) is 11.4. The highest BCUT2D eigenvalue weighted by molar-refractivity contribution is 7.91. The van der Waals surface area contributed by atoms with Gasteiger partial charge in [-0.1, -0.05) is 0 Å². The number of sulfonamides is 1. The molecule has 3 fully saturated rings. The summed E-state index contributed by atoms with van der Waals surface area (Å²) < 4.78 is 69.1. The highest BCUT2D eigenvalue weighted by Crippen LogP contribution is 2.38. The molecule has 9 nitrogen and oxygen atoms in total. The fourth-order valence-electron chi connectivity index (χ4n) is 5.04. The van der Waals surface area contributed by atoms with E-state index in [1.807, 2.05) is 4.90 Å². The van der Waals surface area contributed by atoms with Crippen LogP contribution in [0.25, 0.3) is 0 Å². The first-order chi connectivity index (χ1) is 17.1. The maximum Gasteiger partial charge on any atom is 0.389 e. The van der Waals surface area contributed by atoms with Crippen LogP contribution in [-0.4, -0.2) is 91.6 Å². The van der Waals surface area contributed by atoms with Crippen LogP contribution in [0.5, 0.6) is 5.75 Å². The third-order valence-electron chi connectivity index (χ3n) is 7.33. The first-order valence-electron chi connectivity index (χ1n) is 12.3. The molecule has 3 aliphatic rings. The van der Waals surface area contributed by atoms with Crippen LogP contribution < -0.4 is 15.1 Å². The van der Waals surface area contributed by atoms with E-state index in [1.54, 1.807) is 29.7 Å². The molecule has 2 N–H and O–H groups in total. The van der Waals surface area contributed by atoms with Crippen molar-refractivity contribution in [3.63, 3.8) is 0 Å². The van der Waals surface area contributed by atoms with Gasteiger partial charge in [0, 0.05) is 57.4 Å². The number of amides is 1. The Morgan fingerprint density at radius 2 is 1.61 bits per heavy atom. The number of likely N-dealkylation sites (tertiary alicyclic amines) is 1. The lowest BCUT2D eigenvalue weighted by Gasteiger charge is -2.44. The Bertz CT molecular complexity index is 1010. The molecule has 1 saturated carbocycles. The number of carbonyl (C=O) groups excluding carboxylic acids is 1. The van der Waals surface area contributed by atoms with Gasteiger partial charge in [0.2, 0.25) is 10.0 Å². The van der Waals surface area contributed by atoms with Crippen LogP contribution in [0.4, 0.5) is 18.9 Å². The van der Waals surface area contributed by atoms with Gasteiger partial charge in [0.05, 0.1) is 6.61 Å². The SMILES string of the molecule is Cl.Cl.O=C(NO)C1(S(=O)(=O)N2CCN(c3ccc(OCCCC(F)(F)F)cc3)CC2)CCN(C2CC2)CC1. The number of anilines is 1. The molecule has 2 saturated heterocycles. The second-order valence-electron chi connectivity index (χ2n) is 9.65. The van der Waals surface area contributed by atoms with E-state index in [0.717, 1.165) is 18.5 Å². The van der Waals surface area contributed by atoms with Crippen LogP contribution in [0, 0.1) is 0 Å². The molecule has 0 atom stereocenters. The summed E-state index contributed by atoms with van der Waals surface area (Å²) in [6.45, 7) is 2.20. The highest BCUT2D eigenvalue weighted by atomic mass is 35.5. The van der Waals surface area contributed by atoms with Gasteiger partial charge in [0.15, 0.2) is 4.75 Å². The minimum Gasteiger partial charge on any atom is -0.494 e. The van der Waals surface area contributed by atoms with E-state index in [0.29, 0.717) is 38.0 Å². The van der Waals surface area contributed by atoms with Gasteiger partial charge in [0.1, 0.15) is 5.75 Å². The lowest BCUT2D eigenvalue weighted by Crippen LogP contribution is -2.63. The highest BCUT2D eigenvalue weighted by Gasteiger charge is 2.55. The van der Waals surface area contributed by atoms with E-state index < -0.39 is 33.3 Å². The van der Waals surface area contributed by atoms with Gasteiger partial charge in [-0.15, -0.1) is 24.8 Å². The van der Waals surface area contributed by atoms with Crippen molar-refractivity contribution in [1.82, 2.24) is 14.7 Å². The molecule has 1 aromatic carbocycles. The number of carbonyl (C=O) groups is 1. The lowest BCUT2D eigenvalue weighted by molar-refractivity contribution is -0.136. The van der Waals surface area contributed by atoms with E-state index in [4.69, 9.17) is 4.74 Å². The summed E-state index contributed by atoms with van der Waals surface area (Å²) >= 11 is 0. The number of hydrogen-bond acceptors (Lipinski definition) is 7. The Morgan fingerprint density at radius 1 is 1.03 bits per heavy atom. The Morgan fingerprint density at radius 3 is 2.11 bits per heavy atom. The molecule has 1 aromatic rings. The van der Waals surface area contributed by atoms with Crippen molar-refractivity contribution < 1.29 is 36.3 Å². The molecular weight excluding hydrogens is 572 g/mol. The Hall–Kier alpha value is -1.51. The molecule has 1 amide bonds. The number of benzene rings is 1. The maximum atomic E-state index is 13.7. The third kappa shape index (κ3) is 7.36. The molecule has 0 unspecified atom stereocenters. The number of hydrogen-bond donors (Lipinski definition) is 2. The molecule has 4 rings (SSSR count). The molecule has 2 aliphatic heterocycles. The first kappa shape index (κ1) is 32.7. The molecule has 0 spiro atoms. The molecular formula is C23H35Cl2F3N4O5S. The number of halogens is 5. The van der Waals surface area contributed by atoms with Crippen molar-refractivity contribution in [2.24, 2.45) is 0 Å². The molecule has 0 radical (unpaired) electrons. The first-order valence-corrected chi connectivity index (χ1v) is 13.7. The summed E-state index contributed by atoms with van der Waals surface area (Å²) in [5.41, 5.74) is 2.45. The van der Waals surface area contributed by atoms with E-state index in [2.05, 4.69) is 4.90 Å². The quantitative estimate of drug-likeness (QED) is 0.253. The minimum absolute atomic E-state index is 0. The van der Waals surface area contributed by atoms with Crippen LogP contribution in [0.3, 0.4) is 0 Å². The fraction of sp³-hybridized carbons (Fsp3) is 0.696.